The number of hydrogen-bond donors (Lipinski definition) is 2. The lowest BCUT2D eigenvalue weighted by molar-refractivity contribution is 1.09. The first kappa shape index (κ1) is 14.2. The lowest BCUT2D eigenvalue weighted by atomic mass is 9.94. The number of rotatable bonds is 4. The molecule has 0 aliphatic carbocycles. The van der Waals surface area contributed by atoms with Gasteiger partial charge in [0, 0.05) is 11.4 Å². The maximum absolute atomic E-state index is 6.07. The lowest BCUT2D eigenvalue weighted by Gasteiger charge is -2.11. The molecule has 110 valence electrons. The molecule has 0 saturated heterocycles. The van der Waals surface area contributed by atoms with Crippen LogP contribution in [0, 0.1) is 0 Å². The highest BCUT2D eigenvalue weighted by atomic mass is 14.6. The van der Waals surface area contributed by atoms with E-state index >= 15 is 0 Å². The predicted octanol–water partition coefficient (Wildman–Crippen LogP) is 4.03. The van der Waals surface area contributed by atoms with Crippen molar-refractivity contribution in [1.29, 1.82) is 0 Å². The molecule has 0 radical (unpaired) electrons. The van der Waals surface area contributed by atoms with Gasteiger partial charge in [-0.2, -0.15) is 0 Å². The van der Waals surface area contributed by atoms with Crippen LogP contribution >= 0.6 is 0 Å². The van der Waals surface area contributed by atoms with Gasteiger partial charge >= 0.3 is 0 Å². The third-order valence-corrected chi connectivity index (χ3v) is 3.93. The fraction of sp³-hybridized carbons (Fsp3) is 0.100. The summed E-state index contributed by atoms with van der Waals surface area (Å²) in [5.41, 5.74) is 18.6. The van der Waals surface area contributed by atoms with E-state index in [1.165, 1.54) is 22.3 Å². The fourth-order valence-electron chi connectivity index (χ4n) is 2.66. The van der Waals surface area contributed by atoms with E-state index in [9.17, 15) is 0 Å². The monoisotopic (exact) mass is 288 g/mol. The van der Waals surface area contributed by atoms with Gasteiger partial charge < -0.3 is 11.5 Å². The summed E-state index contributed by atoms with van der Waals surface area (Å²) in [5, 5.41) is 0. The van der Waals surface area contributed by atoms with Crippen LogP contribution in [0.4, 0.5) is 11.4 Å². The number of nitrogens with two attached hydrogens (primary N) is 2. The quantitative estimate of drug-likeness (QED) is 0.712. The van der Waals surface area contributed by atoms with E-state index in [1.54, 1.807) is 0 Å². The summed E-state index contributed by atoms with van der Waals surface area (Å²) in [6.07, 6.45) is 1.76. The molecule has 0 atom stereocenters. The summed E-state index contributed by atoms with van der Waals surface area (Å²) in [7, 11) is 0. The van der Waals surface area contributed by atoms with Crippen LogP contribution in [0.15, 0.2) is 72.8 Å². The van der Waals surface area contributed by atoms with Gasteiger partial charge in [0.25, 0.3) is 0 Å². The average Bonchev–Trinajstić information content (AvgIpc) is 2.53. The Morgan fingerprint density at radius 2 is 1.09 bits per heavy atom. The summed E-state index contributed by atoms with van der Waals surface area (Å²) in [6, 6.07) is 24.7. The molecule has 0 aliphatic rings. The molecule has 0 aromatic heterocycles. The van der Waals surface area contributed by atoms with Crippen molar-refractivity contribution in [2.24, 2.45) is 0 Å². The van der Waals surface area contributed by atoms with E-state index in [1.807, 2.05) is 30.3 Å². The summed E-state index contributed by atoms with van der Waals surface area (Å²) < 4.78 is 0. The average molecular weight is 288 g/mol. The summed E-state index contributed by atoms with van der Waals surface area (Å²) in [4.78, 5) is 0. The highest BCUT2D eigenvalue weighted by Gasteiger charge is 2.06. The van der Waals surface area contributed by atoms with Gasteiger partial charge in [-0.15, -0.1) is 0 Å². The Balaban J connectivity index is 1.87. The fourth-order valence-corrected chi connectivity index (χ4v) is 2.66. The first-order valence-electron chi connectivity index (χ1n) is 7.47. The van der Waals surface area contributed by atoms with Crippen molar-refractivity contribution in [2.75, 3.05) is 11.5 Å². The molecule has 3 rings (SSSR count). The molecule has 0 amide bonds. The molecule has 0 saturated carbocycles. The van der Waals surface area contributed by atoms with Crippen LogP contribution in [0.3, 0.4) is 0 Å². The van der Waals surface area contributed by atoms with Crippen LogP contribution < -0.4 is 11.5 Å². The third kappa shape index (κ3) is 3.29. The van der Waals surface area contributed by atoms with Crippen molar-refractivity contribution in [3.8, 4) is 0 Å². The molecular weight excluding hydrogens is 268 g/mol. The second-order valence-corrected chi connectivity index (χ2v) is 5.56. The molecule has 0 unspecified atom stereocenters. The number of para-hydroxylation sites is 1. The van der Waals surface area contributed by atoms with Crippen molar-refractivity contribution in [3.05, 3.63) is 95.1 Å². The van der Waals surface area contributed by atoms with Crippen LogP contribution in [-0.2, 0) is 12.8 Å². The molecule has 3 aromatic rings. The van der Waals surface area contributed by atoms with E-state index < -0.39 is 0 Å². The van der Waals surface area contributed by atoms with Gasteiger partial charge in [-0.05, 0) is 53.3 Å². The first-order chi connectivity index (χ1) is 10.7. The zero-order chi connectivity index (χ0) is 15.4. The largest absolute Gasteiger partial charge is 0.399 e. The third-order valence-electron chi connectivity index (χ3n) is 3.93. The van der Waals surface area contributed by atoms with Gasteiger partial charge in [-0.25, -0.2) is 0 Å². The zero-order valence-corrected chi connectivity index (χ0v) is 12.5. The highest BCUT2D eigenvalue weighted by Crippen LogP contribution is 2.21. The topological polar surface area (TPSA) is 52.0 Å². The van der Waals surface area contributed by atoms with Gasteiger partial charge in [0.05, 0.1) is 0 Å². The Bertz CT molecular complexity index is 761. The molecule has 0 spiro atoms. The van der Waals surface area contributed by atoms with E-state index in [0.717, 1.165) is 24.2 Å². The van der Waals surface area contributed by atoms with Crippen LogP contribution in [0.5, 0.6) is 0 Å². The van der Waals surface area contributed by atoms with Crippen molar-refractivity contribution in [3.63, 3.8) is 0 Å². The zero-order valence-electron chi connectivity index (χ0n) is 12.5. The maximum atomic E-state index is 6.07. The van der Waals surface area contributed by atoms with Crippen molar-refractivity contribution >= 4 is 11.4 Å². The van der Waals surface area contributed by atoms with Crippen molar-refractivity contribution in [2.45, 2.75) is 12.8 Å². The molecule has 0 heterocycles. The second kappa shape index (κ2) is 6.35. The Morgan fingerprint density at radius 3 is 1.73 bits per heavy atom. The summed E-state index contributed by atoms with van der Waals surface area (Å²) in [5.74, 6) is 0. The van der Waals surface area contributed by atoms with Crippen LogP contribution in [0.25, 0.3) is 0 Å². The second-order valence-electron chi connectivity index (χ2n) is 5.56. The van der Waals surface area contributed by atoms with Crippen molar-refractivity contribution < 1.29 is 0 Å². The molecule has 22 heavy (non-hydrogen) atoms. The SMILES string of the molecule is Nc1ccc(Cc2ccccc2Cc2ccccc2N)cc1. The minimum absolute atomic E-state index is 0.800. The van der Waals surface area contributed by atoms with Crippen LogP contribution in [0.1, 0.15) is 22.3 Å². The van der Waals surface area contributed by atoms with Gasteiger partial charge in [0.1, 0.15) is 0 Å². The standard InChI is InChI=1S/C20H20N2/c21-19-11-9-15(10-12-19)13-16-5-1-2-6-17(16)14-18-7-3-4-8-20(18)22/h1-12H,13-14,21-22H2. The Kier molecular flexibility index (Phi) is 4.10. The number of nitrogen functional groups attached to an aromatic ring is 2. The molecule has 2 nitrogen and oxygen atoms in total. The molecule has 0 fully saturated rings. The smallest absolute Gasteiger partial charge is 0.0349 e. The first-order valence-corrected chi connectivity index (χ1v) is 7.47. The van der Waals surface area contributed by atoms with Gasteiger partial charge in [-0.1, -0.05) is 54.6 Å². The van der Waals surface area contributed by atoms with Gasteiger partial charge in [0.2, 0.25) is 0 Å². The summed E-state index contributed by atoms with van der Waals surface area (Å²) in [6.45, 7) is 0. The Labute approximate surface area is 131 Å². The lowest BCUT2D eigenvalue weighted by Crippen LogP contribution is -2.00. The van der Waals surface area contributed by atoms with Crippen LogP contribution in [0.2, 0.25) is 0 Å². The predicted molar refractivity (Wildman–Crippen MR) is 93.8 cm³/mol. The molecular formula is C20H20N2. The van der Waals surface area contributed by atoms with E-state index in [0.29, 0.717) is 0 Å². The number of hydrogen-bond acceptors (Lipinski definition) is 2. The minimum Gasteiger partial charge on any atom is -0.399 e. The molecule has 3 aromatic carbocycles. The van der Waals surface area contributed by atoms with Gasteiger partial charge in [-0.3, -0.25) is 0 Å². The number of benzene rings is 3. The normalized spacial score (nSPS) is 10.5. The van der Waals surface area contributed by atoms with Gasteiger partial charge in [0.15, 0.2) is 0 Å². The molecule has 0 aliphatic heterocycles. The minimum atomic E-state index is 0.800. The Morgan fingerprint density at radius 1 is 0.545 bits per heavy atom. The highest BCUT2D eigenvalue weighted by molar-refractivity contribution is 5.50. The van der Waals surface area contributed by atoms with E-state index in [-0.39, 0.29) is 0 Å². The van der Waals surface area contributed by atoms with E-state index in [2.05, 4.69) is 42.5 Å². The molecule has 0 bridgehead atoms. The van der Waals surface area contributed by atoms with Crippen LogP contribution in [-0.4, -0.2) is 0 Å². The maximum Gasteiger partial charge on any atom is 0.0349 e. The Hall–Kier alpha value is -2.74. The van der Waals surface area contributed by atoms with Crippen molar-refractivity contribution in [1.82, 2.24) is 0 Å². The number of anilines is 2. The molecule has 2 heteroatoms. The summed E-state index contributed by atoms with van der Waals surface area (Å²) >= 11 is 0. The van der Waals surface area contributed by atoms with E-state index in [4.69, 9.17) is 11.5 Å². The molecule has 4 N–H and O–H groups in total.